The summed E-state index contributed by atoms with van der Waals surface area (Å²) in [6.07, 6.45) is 1.29. The predicted molar refractivity (Wildman–Crippen MR) is 93.4 cm³/mol. The molecule has 1 aliphatic heterocycles. The van der Waals surface area contributed by atoms with Crippen LogP contribution in [0.4, 0.5) is 5.69 Å². The van der Waals surface area contributed by atoms with Crippen LogP contribution >= 0.6 is 11.8 Å². The molecule has 0 fully saturated rings. The molecule has 0 aliphatic carbocycles. The van der Waals surface area contributed by atoms with Crippen molar-refractivity contribution in [1.29, 1.82) is 0 Å². The Bertz CT molecular complexity index is 992. The zero-order valence-electron chi connectivity index (χ0n) is 13.1. The minimum Gasteiger partial charge on any atom is -0.495 e. The fourth-order valence-electron chi connectivity index (χ4n) is 2.55. The van der Waals surface area contributed by atoms with Crippen LogP contribution in [0.5, 0.6) is 5.75 Å². The first-order valence-electron chi connectivity index (χ1n) is 7.44. The number of amides is 2. The van der Waals surface area contributed by atoms with Gasteiger partial charge in [-0.1, -0.05) is 24.3 Å². The van der Waals surface area contributed by atoms with Gasteiger partial charge in [-0.05, 0) is 36.0 Å². The maximum atomic E-state index is 12.7. The number of hydrogen-bond acceptors (Lipinski definition) is 6. The van der Waals surface area contributed by atoms with Crippen molar-refractivity contribution in [3.05, 3.63) is 59.5 Å². The smallest absolute Gasteiger partial charge is 0.272 e. The molecule has 25 heavy (non-hydrogen) atoms. The number of methoxy groups -OCH3 is 1. The van der Waals surface area contributed by atoms with Gasteiger partial charge < -0.3 is 9.15 Å². The Morgan fingerprint density at radius 2 is 1.84 bits per heavy atom. The van der Waals surface area contributed by atoms with E-state index < -0.39 is 11.8 Å². The van der Waals surface area contributed by atoms with E-state index in [4.69, 9.17) is 9.15 Å². The molecule has 2 heterocycles. The van der Waals surface area contributed by atoms with E-state index >= 15 is 0 Å². The van der Waals surface area contributed by atoms with E-state index in [1.807, 2.05) is 18.2 Å². The van der Waals surface area contributed by atoms with Crippen molar-refractivity contribution in [3.63, 3.8) is 0 Å². The number of benzene rings is 2. The lowest BCUT2D eigenvalue weighted by Gasteiger charge is -2.17. The lowest BCUT2D eigenvalue weighted by atomic mass is 10.2. The number of aromatic nitrogens is 1. The molecular formula is C18H12N2O4S. The molecule has 2 aromatic carbocycles. The molecule has 0 radical (unpaired) electrons. The number of rotatable bonds is 4. The molecule has 4 rings (SSSR count). The maximum absolute atomic E-state index is 12.7. The van der Waals surface area contributed by atoms with Crippen molar-refractivity contribution in [1.82, 2.24) is 4.98 Å². The number of thioether (sulfide) groups is 1. The molecule has 0 unspecified atom stereocenters. The van der Waals surface area contributed by atoms with Crippen LogP contribution in [0.2, 0.25) is 0 Å². The van der Waals surface area contributed by atoms with Crippen LogP contribution in [-0.2, 0) is 9.59 Å². The zero-order valence-corrected chi connectivity index (χ0v) is 13.9. The van der Waals surface area contributed by atoms with E-state index in [-0.39, 0.29) is 4.91 Å². The molecule has 124 valence electrons. The number of imide groups is 1. The van der Waals surface area contributed by atoms with Gasteiger partial charge in [0.1, 0.15) is 11.3 Å². The third kappa shape index (κ3) is 2.68. The zero-order chi connectivity index (χ0) is 17.4. The number of nitrogens with zero attached hydrogens (tertiary/aromatic N) is 2. The minimum atomic E-state index is -0.429. The number of fused-ring (bicyclic) bond motifs is 1. The standard InChI is InChI=1S/C18H12N2O4S/c1-23-14-9-5-3-7-12(14)20-16(21)10-15(17(20)22)25-18-19-11-6-2-4-8-13(11)24-18/h2-10H,1H3. The highest BCUT2D eigenvalue weighted by Gasteiger charge is 2.35. The van der Waals surface area contributed by atoms with E-state index in [2.05, 4.69) is 4.98 Å². The Kier molecular flexibility index (Phi) is 3.77. The molecule has 0 spiro atoms. The van der Waals surface area contributed by atoms with Gasteiger partial charge in [0.15, 0.2) is 5.58 Å². The largest absolute Gasteiger partial charge is 0.495 e. The van der Waals surface area contributed by atoms with E-state index in [1.165, 1.54) is 13.2 Å². The number of hydrogen-bond donors (Lipinski definition) is 0. The topological polar surface area (TPSA) is 72.6 Å². The van der Waals surface area contributed by atoms with Crippen molar-refractivity contribution < 1.29 is 18.7 Å². The summed E-state index contributed by atoms with van der Waals surface area (Å²) in [5.41, 5.74) is 1.73. The highest BCUT2D eigenvalue weighted by Crippen LogP contribution is 2.37. The quantitative estimate of drug-likeness (QED) is 0.670. The summed E-state index contributed by atoms with van der Waals surface area (Å²) in [5.74, 6) is -0.402. The molecule has 7 heteroatoms. The predicted octanol–water partition coefficient (Wildman–Crippen LogP) is 3.39. The van der Waals surface area contributed by atoms with Gasteiger partial charge in [0.25, 0.3) is 17.0 Å². The number of ether oxygens (including phenoxy) is 1. The van der Waals surface area contributed by atoms with Crippen LogP contribution < -0.4 is 9.64 Å². The molecule has 0 saturated carbocycles. The number of anilines is 1. The molecule has 0 saturated heterocycles. The first kappa shape index (κ1) is 15.5. The Morgan fingerprint density at radius 3 is 2.64 bits per heavy atom. The summed E-state index contributed by atoms with van der Waals surface area (Å²) in [7, 11) is 1.49. The van der Waals surface area contributed by atoms with Gasteiger partial charge in [0.2, 0.25) is 0 Å². The van der Waals surface area contributed by atoms with Crippen LogP contribution in [0.1, 0.15) is 0 Å². The lowest BCUT2D eigenvalue weighted by molar-refractivity contribution is -0.120. The van der Waals surface area contributed by atoms with Gasteiger partial charge in [-0.2, -0.15) is 0 Å². The number of para-hydroxylation sites is 4. The number of carbonyl (C=O) groups is 2. The third-order valence-corrected chi connectivity index (χ3v) is 4.55. The monoisotopic (exact) mass is 352 g/mol. The van der Waals surface area contributed by atoms with Gasteiger partial charge in [0, 0.05) is 6.08 Å². The van der Waals surface area contributed by atoms with Crippen LogP contribution in [0.25, 0.3) is 11.1 Å². The van der Waals surface area contributed by atoms with Crippen molar-refractivity contribution in [3.8, 4) is 5.75 Å². The van der Waals surface area contributed by atoms with Gasteiger partial charge in [-0.15, -0.1) is 0 Å². The summed E-state index contributed by atoms with van der Waals surface area (Å²) >= 11 is 1.03. The Labute approximate surface area is 147 Å². The van der Waals surface area contributed by atoms with E-state index in [0.717, 1.165) is 16.7 Å². The summed E-state index contributed by atoms with van der Waals surface area (Å²) in [6, 6.07) is 14.2. The molecule has 0 bridgehead atoms. The van der Waals surface area contributed by atoms with E-state index in [9.17, 15) is 9.59 Å². The van der Waals surface area contributed by atoms with Crippen LogP contribution in [0, 0.1) is 0 Å². The van der Waals surface area contributed by atoms with Gasteiger partial charge in [-0.25, -0.2) is 9.88 Å². The normalized spacial score (nSPS) is 14.3. The van der Waals surface area contributed by atoms with Gasteiger partial charge >= 0.3 is 0 Å². The highest BCUT2D eigenvalue weighted by atomic mass is 32.2. The first-order chi connectivity index (χ1) is 12.2. The molecule has 1 aromatic heterocycles. The molecule has 6 nitrogen and oxygen atoms in total. The van der Waals surface area contributed by atoms with Crippen molar-refractivity contribution in [2.75, 3.05) is 12.0 Å². The first-order valence-corrected chi connectivity index (χ1v) is 8.25. The minimum absolute atomic E-state index is 0.252. The summed E-state index contributed by atoms with van der Waals surface area (Å²) in [6.45, 7) is 0. The van der Waals surface area contributed by atoms with E-state index in [1.54, 1.807) is 30.3 Å². The summed E-state index contributed by atoms with van der Waals surface area (Å²) in [5, 5.41) is 0.315. The average Bonchev–Trinajstić information content (AvgIpc) is 3.15. The third-order valence-electron chi connectivity index (χ3n) is 3.69. The average molecular weight is 352 g/mol. The summed E-state index contributed by atoms with van der Waals surface area (Å²) < 4.78 is 10.8. The molecule has 3 aromatic rings. The molecule has 2 amide bonds. The van der Waals surface area contributed by atoms with Crippen LogP contribution in [0.3, 0.4) is 0 Å². The van der Waals surface area contributed by atoms with E-state index in [0.29, 0.717) is 27.8 Å². The van der Waals surface area contributed by atoms with Crippen molar-refractivity contribution in [2.45, 2.75) is 5.22 Å². The second-order valence-corrected chi connectivity index (χ2v) is 6.20. The Balaban J connectivity index is 1.63. The highest BCUT2D eigenvalue weighted by molar-refractivity contribution is 8.03. The second-order valence-electron chi connectivity index (χ2n) is 5.21. The van der Waals surface area contributed by atoms with Crippen LogP contribution in [-0.4, -0.2) is 23.9 Å². The molecular weight excluding hydrogens is 340 g/mol. The lowest BCUT2D eigenvalue weighted by Crippen LogP contribution is -2.30. The molecule has 1 aliphatic rings. The van der Waals surface area contributed by atoms with Gasteiger partial charge in [-0.3, -0.25) is 9.59 Å². The van der Waals surface area contributed by atoms with Crippen molar-refractivity contribution >= 4 is 40.4 Å². The number of carbonyl (C=O) groups excluding carboxylic acids is 2. The molecule has 0 atom stereocenters. The SMILES string of the molecule is COc1ccccc1N1C(=O)C=C(Sc2nc3ccccc3o2)C1=O. The Hall–Kier alpha value is -3.06. The number of oxazole rings is 1. The summed E-state index contributed by atoms with van der Waals surface area (Å²) in [4.78, 5) is 30.7. The Morgan fingerprint density at radius 1 is 1.08 bits per heavy atom. The van der Waals surface area contributed by atoms with Crippen LogP contribution in [0.15, 0.2) is 69.2 Å². The fraction of sp³-hybridized carbons (Fsp3) is 0.0556. The van der Waals surface area contributed by atoms with Crippen molar-refractivity contribution in [2.24, 2.45) is 0 Å². The maximum Gasteiger partial charge on any atom is 0.272 e. The van der Waals surface area contributed by atoms with Gasteiger partial charge in [0.05, 0.1) is 17.7 Å². The second kappa shape index (κ2) is 6.10. The fourth-order valence-corrected chi connectivity index (χ4v) is 3.36. The molecule has 0 N–H and O–H groups in total.